The van der Waals surface area contributed by atoms with Gasteiger partial charge in [-0.15, -0.1) is 0 Å². The van der Waals surface area contributed by atoms with Crippen molar-refractivity contribution in [1.82, 2.24) is 19.3 Å². The fraction of sp³-hybridized carbons (Fsp3) is 0.273. The molecule has 0 atom stereocenters. The lowest BCUT2D eigenvalue weighted by Gasteiger charge is -2.09. The Morgan fingerprint density at radius 3 is 2.95 bits per heavy atom. The van der Waals surface area contributed by atoms with Crippen LogP contribution < -0.4 is 5.56 Å². The molecule has 19 heavy (non-hydrogen) atoms. The van der Waals surface area contributed by atoms with Crippen molar-refractivity contribution in [3.05, 3.63) is 40.6 Å². The summed E-state index contributed by atoms with van der Waals surface area (Å²) in [4.78, 5) is 25.7. The van der Waals surface area contributed by atoms with Crippen LogP contribution in [0.5, 0.6) is 0 Å². The van der Waals surface area contributed by atoms with Crippen LogP contribution in [0.1, 0.15) is 5.56 Å². The molecular weight excluding hydrogens is 268 g/mol. The van der Waals surface area contributed by atoms with E-state index in [-0.39, 0.29) is 11.3 Å². The van der Waals surface area contributed by atoms with Crippen LogP contribution in [0, 0.1) is 0 Å². The lowest BCUT2D eigenvalue weighted by Crippen LogP contribution is -2.14. The smallest absolute Gasteiger partial charge is 0.313 e. The molecule has 0 spiro atoms. The summed E-state index contributed by atoms with van der Waals surface area (Å²) in [5.74, 6) is -1.08. The largest absolute Gasteiger partial charge is 0.481 e. The minimum Gasteiger partial charge on any atom is -0.481 e. The summed E-state index contributed by atoms with van der Waals surface area (Å²) >= 11 is 1.02. The van der Waals surface area contributed by atoms with Gasteiger partial charge in [-0.2, -0.15) is 10.1 Å². The normalized spacial score (nSPS) is 10.6. The first-order chi connectivity index (χ1) is 9.04. The van der Waals surface area contributed by atoms with E-state index in [1.807, 2.05) is 13.2 Å². The van der Waals surface area contributed by atoms with Crippen molar-refractivity contribution in [3.63, 3.8) is 0 Å². The van der Waals surface area contributed by atoms with Crippen molar-refractivity contribution in [2.75, 3.05) is 5.75 Å². The molecule has 0 radical (unpaired) electrons. The fourth-order valence-corrected chi connectivity index (χ4v) is 2.22. The van der Waals surface area contributed by atoms with Crippen molar-refractivity contribution in [3.8, 4) is 0 Å². The second-order valence-electron chi connectivity index (χ2n) is 3.88. The van der Waals surface area contributed by atoms with Crippen LogP contribution >= 0.6 is 11.8 Å². The SMILES string of the molecule is Cn1cc(Cn2ccc(=O)nc2SCC(=O)O)cn1. The molecular formula is C11H12N4O3S. The van der Waals surface area contributed by atoms with Gasteiger partial charge in [0.05, 0.1) is 18.5 Å². The van der Waals surface area contributed by atoms with E-state index in [4.69, 9.17) is 5.11 Å². The Kier molecular flexibility index (Phi) is 4.00. The molecule has 0 saturated heterocycles. The molecule has 2 rings (SSSR count). The van der Waals surface area contributed by atoms with Crippen molar-refractivity contribution < 1.29 is 9.90 Å². The fourth-order valence-electron chi connectivity index (χ4n) is 1.53. The van der Waals surface area contributed by atoms with E-state index in [1.54, 1.807) is 21.6 Å². The molecule has 2 heterocycles. The second kappa shape index (κ2) is 5.70. The summed E-state index contributed by atoms with van der Waals surface area (Å²) in [5.41, 5.74) is 0.570. The molecule has 0 saturated carbocycles. The van der Waals surface area contributed by atoms with E-state index in [9.17, 15) is 9.59 Å². The maximum atomic E-state index is 11.2. The Morgan fingerprint density at radius 2 is 2.32 bits per heavy atom. The van der Waals surface area contributed by atoms with Crippen molar-refractivity contribution in [1.29, 1.82) is 0 Å². The molecule has 0 bridgehead atoms. The second-order valence-corrected chi connectivity index (χ2v) is 4.82. The van der Waals surface area contributed by atoms with Crippen LogP contribution in [0.25, 0.3) is 0 Å². The molecule has 0 aliphatic heterocycles. The molecule has 2 aromatic rings. The number of thioether (sulfide) groups is 1. The van der Waals surface area contributed by atoms with E-state index in [0.29, 0.717) is 11.7 Å². The van der Waals surface area contributed by atoms with Gasteiger partial charge in [-0.3, -0.25) is 14.3 Å². The number of hydrogen-bond acceptors (Lipinski definition) is 5. The molecule has 0 fully saturated rings. The van der Waals surface area contributed by atoms with Gasteiger partial charge in [-0.25, -0.2) is 0 Å². The first kappa shape index (κ1) is 13.3. The molecule has 7 nitrogen and oxygen atoms in total. The first-order valence-electron chi connectivity index (χ1n) is 5.44. The third-order valence-electron chi connectivity index (χ3n) is 2.28. The minimum absolute atomic E-state index is 0.135. The standard InChI is InChI=1S/C11H12N4O3S/c1-14-5-8(4-12-14)6-15-3-2-9(16)13-11(15)19-7-10(17)18/h2-5H,6-7H2,1H3,(H,17,18). The van der Waals surface area contributed by atoms with Gasteiger partial charge < -0.3 is 9.67 Å². The van der Waals surface area contributed by atoms with Crippen molar-refractivity contribution in [2.24, 2.45) is 7.05 Å². The van der Waals surface area contributed by atoms with E-state index in [0.717, 1.165) is 17.3 Å². The molecule has 0 aliphatic carbocycles. The summed E-state index contributed by atoms with van der Waals surface area (Å²) in [6, 6.07) is 1.35. The van der Waals surface area contributed by atoms with Crippen LogP contribution in [0.4, 0.5) is 0 Å². The van der Waals surface area contributed by atoms with E-state index in [1.165, 1.54) is 6.07 Å². The summed E-state index contributed by atoms with van der Waals surface area (Å²) in [7, 11) is 1.81. The third-order valence-corrected chi connectivity index (χ3v) is 3.26. The zero-order valence-electron chi connectivity index (χ0n) is 10.2. The van der Waals surface area contributed by atoms with E-state index < -0.39 is 5.97 Å². The van der Waals surface area contributed by atoms with Gasteiger partial charge in [0.1, 0.15) is 0 Å². The lowest BCUT2D eigenvalue weighted by molar-refractivity contribution is -0.133. The predicted octanol–water partition coefficient (Wildman–Crippen LogP) is 0.202. The van der Waals surface area contributed by atoms with Crippen molar-refractivity contribution >= 4 is 17.7 Å². The molecule has 100 valence electrons. The number of rotatable bonds is 5. The summed E-state index contributed by atoms with van der Waals surface area (Å²) in [6.07, 6.45) is 5.17. The van der Waals surface area contributed by atoms with Crippen LogP contribution in [-0.4, -0.2) is 36.2 Å². The average Bonchev–Trinajstić information content (AvgIpc) is 2.75. The maximum absolute atomic E-state index is 11.2. The summed E-state index contributed by atoms with van der Waals surface area (Å²) in [6.45, 7) is 0.489. The van der Waals surface area contributed by atoms with Crippen molar-refractivity contribution in [2.45, 2.75) is 11.7 Å². The van der Waals surface area contributed by atoms with E-state index in [2.05, 4.69) is 10.1 Å². The van der Waals surface area contributed by atoms with Gasteiger partial charge in [0.15, 0.2) is 5.16 Å². The number of carboxylic acids is 1. The highest BCUT2D eigenvalue weighted by atomic mass is 32.2. The quantitative estimate of drug-likeness (QED) is 0.621. The number of aliphatic carboxylic acids is 1. The number of aryl methyl sites for hydroxylation is 1. The van der Waals surface area contributed by atoms with Gasteiger partial charge in [-0.05, 0) is 0 Å². The maximum Gasteiger partial charge on any atom is 0.313 e. The third kappa shape index (κ3) is 3.68. The Hall–Kier alpha value is -2.09. The monoisotopic (exact) mass is 280 g/mol. The summed E-state index contributed by atoms with van der Waals surface area (Å²) < 4.78 is 3.40. The van der Waals surface area contributed by atoms with Gasteiger partial charge in [-0.1, -0.05) is 11.8 Å². The summed E-state index contributed by atoms with van der Waals surface area (Å²) in [5, 5.41) is 13.1. The van der Waals surface area contributed by atoms with Gasteiger partial charge in [0, 0.05) is 31.1 Å². The molecule has 1 N–H and O–H groups in total. The van der Waals surface area contributed by atoms with E-state index >= 15 is 0 Å². The van der Waals surface area contributed by atoms with Crippen LogP contribution in [0.15, 0.2) is 34.6 Å². The Morgan fingerprint density at radius 1 is 1.53 bits per heavy atom. The predicted molar refractivity (Wildman–Crippen MR) is 69.2 cm³/mol. The molecule has 0 aromatic carbocycles. The molecule has 0 aliphatic rings. The Bertz CT molecular complexity index is 649. The highest BCUT2D eigenvalue weighted by molar-refractivity contribution is 7.99. The van der Waals surface area contributed by atoms with Crippen LogP contribution in [0.2, 0.25) is 0 Å². The van der Waals surface area contributed by atoms with Crippen LogP contribution in [0.3, 0.4) is 0 Å². The van der Waals surface area contributed by atoms with Gasteiger partial charge >= 0.3 is 5.97 Å². The number of carbonyl (C=O) groups is 1. The Balaban J connectivity index is 2.23. The van der Waals surface area contributed by atoms with Gasteiger partial charge in [0.25, 0.3) is 5.56 Å². The number of carboxylic acid groups (broad SMARTS) is 1. The minimum atomic E-state index is -0.948. The lowest BCUT2D eigenvalue weighted by atomic mass is 10.3. The topological polar surface area (TPSA) is 90.0 Å². The Labute approximate surface area is 112 Å². The van der Waals surface area contributed by atoms with Crippen LogP contribution in [-0.2, 0) is 18.4 Å². The first-order valence-corrected chi connectivity index (χ1v) is 6.43. The zero-order chi connectivity index (χ0) is 13.8. The van der Waals surface area contributed by atoms with Gasteiger partial charge in [0.2, 0.25) is 0 Å². The molecule has 2 aromatic heterocycles. The highest BCUT2D eigenvalue weighted by Gasteiger charge is 2.08. The molecule has 0 unspecified atom stereocenters. The number of hydrogen-bond donors (Lipinski definition) is 1. The highest BCUT2D eigenvalue weighted by Crippen LogP contribution is 2.14. The molecule has 8 heteroatoms. The average molecular weight is 280 g/mol. The number of aromatic nitrogens is 4. The number of nitrogens with zero attached hydrogens (tertiary/aromatic N) is 4. The zero-order valence-corrected chi connectivity index (χ0v) is 11.0. The molecule has 0 amide bonds.